The van der Waals surface area contributed by atoms with Gasteiger partial charge in [0, 0.05) is 17.3 Å². The van der Waals surface area contributed by atoms with Gasteiger partial charge in [-0.05, 0) is 42.6 Å². The molecule has 0 aliphatic rings. The van der Waals surface area contributed by atoms with Gasteiger partial charge < -0.3 is 10.1 Å². The molecule has 1 N–H and O–H groups in total. The zero-order valence-corrected chi connectivity index (χ0v) is 15.3. The van der Waals surface area contributed by atoms with E-state index in [0.29, 0.717) is 5.75 Å². The van der Waals surface area contributed by atoms with E-state index in [0.717, 1.165) is 22.7 Å². The highest BCUT2D eigenvalue weighted by Gasteiger charge is 2.16. The Hall–Kier alpha value is -2.86. The molecule has 0 saturated carbocycles. The lowest BCUT2D eigenvalue weighted by molar-refractivity contribution is -0.122. The van der Waals surface area contributed by atoms with Crippen LogP contribution in [-0.2, 0) is 14.6 Å². The summed E-state index contributed by atoms with van der Waals surface area (Å²) in [4.78, 5) is 12.7. The van der Waals surface area contributed by atoms with Gasteiger partial charge in [-0.25, -0.2) is 8.42 Å². The predicted molar refractivity (Wildman–Crippen MR) is 102 cm³/mol. The standard InChI is InChI=1S/C20H19NO4S/c1-14(25-16-10-12-17(13-11-16)26(2,23)24)20(22)21-19-9-5-7-15-6-3-4-8-18(15)19/h3-14H,1-2H3,(H,21,22). The van der Waals surface area contributed by atoms with E-state index in [4.69, 9.17) is 4.74 Å². The minimum absolute atomic E-state index is 0.206. The molecule has 3 aromatic carbocycles. The van der Waals surface area contributed by atoms with Gasteiger partial charge in [0.15, 0.2) is 15.9 Å². The van der Waals surface area contributed by atoms with Crippen molar-refractivity contribution in [2.45, 2.75) is 17.9 Å². The molecule has 1 unspecified atom stereocenters. The van der Waals surface area contributed by atoms with Crippen molar-refractivity contribution in [1.29, 1.82) is 0 Å². The van der Waals surface area contributed by atoms with E-state index in [1.807, 2.05) is 42.5 Å². The summed E-state index contributed by atoms with van der Waals surface area (Å²) in [5, 5.41) is 4.87. The number of ether oxygens (including phenoxy) is 1. The predicted octanol–water partition coefficient (Wildman–Crippen LogP) is 3.65. The Morgan fingerprint density at radius 1 is 0.962 bits per heavy atom. The fourth-order valence-corrected chi connectivity index (χ4v) is 3.22. The summed E-state index contributed by atoms with van der Waals surface area (Å²) in [5.41, 5.74) is 0.718. The van der Waals surface area contributed by atoms with Crippen molar-refractivity contribution >= 4 is 32.2 Å². The van der Waals surface area contributed by atoms with Gasteiger partial charge in [0.2, 0.25) is 0 Å². The monoisotopic (exact) mass is 369 g/mol. The molecular formula is C20H19NO4S. The zero-order chi connectivity index (χ0) is 18.7. The van der Waals surface area contributed by atoms with Crippen LogP contribution in [0.5, 0.6) is 5.75 Å². The molecule has 26 heavy (non-hydrogen) atoms. The molecule has 1 atom stereocenters. The third kappa shape index (κ3) is 4.03. The Bertz CT molecular complexity index is 1040. The summed E-state index contributed by atoms with van der Waals surface area (Å²) in [5.74, 6) is 0.145. The average Bonchev–Trinajstić information content (AvgIpc) is 2.61. The lowest BCUT2D eigenvalue weighted by Gasteiger charge is -2.16. The Labute approximate surface area is 152 Å². The highest BCUT2D eigenvalue weighted by molar-refractivity contribution is 7.90. The number of benzene rings is 3. The van der Waals surface area contributed by atoms with Crippen molar-refractivity contribution in [3.63, 3.8) is 0 Å². The van der Waals surface area contributed by atoms with Gasteiger partial charge in [0.1, 0.15) is 5.75 Å². The summed E-state index contributed by atoms with van der Waals surface area (Å²) in [6.07, 6.45) is 0.404. The van der Waals surface area contributed by atoms with E-state index >= 15 is 0 Å². The topological polar surface area (TPSA) is 72.5 Å². The molecule has 0 saturated heterocycles. The number of fused-ring (bicyclic) bond motifs is 1. The molecule has 0 aliphatic carbocycles. The molecule has 134 valence electrons. The van der Waals surface area contributed by atoms with Crippen molar-refractivity contribution < 1.29 is 17.9 Å². The normalized spacial score (nSPS) is 12.5. The van der Waals surface area contributed by atoms with Gasteiger partial charge in [0.05, 0.1) is 4.90 Å². The maximum absolute atomic E-state index is 12.5. The van der Waals surface area contributed by atoms with Crippen molar-refractivity contribution in [2.24, 2.45) is 0 Å². The first kappa shape index (κ1) is 17.9. The van der Waals surface area contributed by atoms with Crippen LogP contribution in [0.25, 0.3) is 10.8 Å². The Morgan fingerprint density at radius 3 is 2.31 bits per heavy atom. The lowest BCUT2D eigenvalue weighted by atomic mass is 10.1. The molecule has 3 aromatic rings. The first-order valence-corrected chi connectivity index (χ1v) is 9.99. The smallest absolute Gasteiger partial charge is 0.265 e. The molecule has 0 aliphatic heterocycles. The van der Waals surface area contributed by atoms with Crippen LogP contribution in [0.1, 0.15) is 6.92 Å². The quantitative estimate of drug-likeness (QED) is 0.745. The van der Waals surface area contributed by atoms with Crippen LogP contribution in [0, 0.1) is 0 Å². The minimum Gasteiger partial charge on any atom is -0.481 e. The molecule has 0 fully saturated rings. The summed E-state index contributed by atoms with van der Waals surface area (Å²) < 4.78 is 28.6. The Kier molecular flexibility index (Phi) is 4.95. The van der Waals surface area contributed by atoms with Crippen molar-refractivity contribution in [3.05, 3.63) is 66.7 Å². The van der Waals surface area contributed by atoms with E-state index in [1.165, 1.54) is 24.3 Å². The van der Waals surface area contributed by atoms with Crippen molar-refractivity contribution in [1.82, 2.24) is 0 Å². The molecule has 1 amide bonds. The second-order valence-electron chi connectivity index (χ2n) is 6.02. The van der Waals surface area contributed by atoms with Crippen molar-refractivity contribution in [2.75, 3.05) is 11.6 Å². The van der Waals surface area contributed by atoms with Crippen LogP contribution in [0.15, 0.2) is 71.6 Å². The van der Waals surface area contributed by atoms with Gasteiger partial charge in [-0.3, -0.25) is 4.79 Å². The second kappa shape index (κ2) is 7.17. The van der Waals surface area contributed by atoms with Crippen LogP contribution in [-0.4, -0.2) is 26.7 Å². The molecule has 6 heteroatoms. The van der Waals surface area contributed by atoms with Gasteiger partial charge in [0.25, 0.3) is 5.91 Å². The summed E-state index contributed by atoms with van der Waals surface area (Å²) in [6, 6.07) is 19.5. The third-order valence-electron chi connectivity index (χ3n) is 3.98. The first-order chi connectivity index (χ1) is 12.3. The maximum atomic E-state index is 12.5. The average molecular weight is 369 g/mol. The van der Waals surface area contributed by atoms with Crippen LogP contribution in [0.3, 0.4) is 0 Å². The van der Waals surface area contributed by atoms with E-state index in [-0.39, 0.29) is 10.8 Å². The van der Waals surface area contributed by atoms with Crippen LogP contribution in [0.4, 0.5) is 5.69 Å². The highest BCUT2D eigenvalue weighted by Crippen LogP contribution is 2.23. The maximum Gasteiger partial charge on any atom is 0.265 e. The molecule has 3 rings (SSSR count). The van der Waals surface area contributed by atoms with Crippen LogP contribution in [0.2, 0.25) is 0 Å². The molecule has 0 bridgehead atoms. The minimum atomic E-state index is -3.26. The fraction of sp³-hybridized carbons (Fsp3) is 0.150. The lowest BCUT2D eigenvalue weighted by Crippen LogP contribution is -2.30. The molecule has 0 radical (unpaired) electrons. The molecule has 5 nitrogen and oxygen atoms in total. The number of amides is 1. The Balaban J connectivity index is 1.72. The van der Waals surface area contributed by atoms with Gasteiger partial charge in [-0.2, -0.15) is 0 Å². The number of sulfone groups is 1. The highest BCUT2D eigenvalue weighted by atomic mass is 32.2. The number of rotatable bonds is 5. The number of carbonyl (C=O) groups is 1. The summed E-state index contributed by atoms with van der Waals surface area (Å²) >= 11 is 0. The zero-order valence-electron chi connectivity index (χ0n) is 14.5. The van der Waals surface area contributed by atoms with Crippen molar-refractivity contribution in [3.8, 4) is 5.75 Å². The summed E-state index contributed by atoms with van der Waals surface area (Å²) in [6.45, 7) is 1.64. The van der Waals surface area contributed by atoms with Gasteiger partial charge in [-0.1, -0.05) is 36.4 Å². The third-order valence-corrected chi connectivity index (χ3v) is 5.11. The first-order valence-electron chi connectivity index (χ1n) is 8.10. The van der Waals surface area contributed by atoms with Gasteiger partial charge in [-0.15, -0.1) is 0 Å². The van der Waals surface area contributed by atoms with E-state index < -0.39 is 15.9 Å². The molecule has 0 aromatic heterocycles. The number of nitrogens with one attached hydrogen (secondary N) is 1. The molecule has 0 spiro atoms. The summed E-state index contributed by atoms with van der Waals surface area (Å²) in [7, 11) is -3.26. The van der Waals surface area contributed by atoms with E-state index in [1.54, 1.807) is 6.92 Å². The fourth-order valence-electron chi connectivity index (χ4n) is 2.59. The SMILES string of the molecule is CC(Oc1ccc(S(C)(=O)=O)cc1)C(=O)Nc1cccc2ccccc12. The molecular weight excluding hydrogens is 350 g/mol. The number of carbonyl (C=O) groups excluding carboxylic acids is 1. The molecule has 0 heterocycles. The Morgan fingerprint density at radius 2 is 1.62 bits per heavy atom. The van der Waals surface area contributed by atoms with Crippen LogP contribution < -0.4 is 10.1 Å². The van der Waals surface area contributed by atoms with Crippen LogP contribution >= 0.6 is 0 Å². The number of anilines is 1. The number of hydrogen-bond acceptors (Lipinski definition) is 4. The van der Waals surface area contributed by atoms with E-state index in [2.05, 4.69) is 5.32 Å². The number of hydrogen-bond donors (Lipinski definition) is 1. The second-order valence-corrected chi connectivity index (χ2v) is 8.04. The van der Waals surface area contributed by atoms with E-state index in [9.17, 15) is 13.2 Å². The van der Waals surface area contributed by atoms with Gasteiger partial charge >= 0.3 is 0 Å². The largest absolute Gasteiger partial charge is 0.481 e.